The molecule has 1 aromatic heterocycles. The molecule has 2 rings (SSSR count). The Morgan fingerprint density at radius 3 is 2.94 bits per heavy atom. The number of furan rings is 1. The molecule has 1 aromatic rings. The van der Waals surface area contributed by atoms with E-state index < -0.39 is 0 Å². The maximum atomic E-state index is 11.8. The highest BCUT2D eigenvalue weighted by Crippen LogP contribution is 2.12. The first-order chi connectivity index (χ1) is 8.27. The second-order valence-corrected chi connectivity index (χ2v) is 4.57. The lowest BCUT2D eigenvalue weighted by Gasteiger charge is -2.16. The first-order valence-electron chi connectivity index (χ1n) is 6.30. The van der Waals surface area contributed by atoms with Crippen LogP contribution < -0.4 is 5.32 Å². The molecule has 4 nitrogen and oxygen atoms in total. The molecule has 0 saturated carbocycles. The summed E-state index contributed by atoms with van der Waals surface area (Å²) in [7, 11) is 0. The normalized spacial score (nSPS) is 17.4. The molecule has 0 radical (unpaired) electrons. The van der Waals surface area contributed by atoms with Crippen molar-refractivity contribution in [3.8, 4) is 0 Å². The molecule has 2 heterocycles. The van der Waals surface area contributed by atoms with Crippen molar-refractivity contribution in [2.45, 2.75) is 32.2 Å². The summed E-state index contributed by atoms with van der Waals surface area (Å²) >= 11 is 0. The van der Waals surface area contributed by atoms with Gasteiger partial charge >= 0.3 is 0 Å². The van der Waals surface area contributed by atoms with E-state index in [-0.39, 0.29) is 11.9 Å². The third-order valence-corrected chi connectivity index (χ3v) is 3.29. The van der Waals surface area contributed by atoms with Crippen molar-refractivity contribution in [1.29, 1.82) is 0 Å². The zero-order valence-corrected chi connectivity index (χ0v) is 10.3. The molecule has 0 aromatic carbocycles. The van der Waals surface area contributed by atoms with E-state index in [2.05, 4.69) is 12.2 Å². The van der Waals surface area contributed by atoms with Crippen LogP contribution in [0.4, 0.5) is 0 Å². The lowest BCUT2D eigenvalue weighted by Crippen LogP contribution is -2.31. The lowest BCUT2D eigenvalue weighted by atomic mass is 10.2. The number of nitrogens with one attached hydrogen (secondary N) is 1. The van der Waals surface area contributed by atoms with E-state index in [1.165, 1.54) is 0 Å². The molecule has 1 saturated heterocycles. The topological polar surface area (TPSA) is 45.5 Å². The zero-order valence-electron chi connectivity index (χ0n) is 10.3. The molecule has 94 valence electrons. The molecule has 4 heteroatoms. The van der Waals surface area contributed by atoms with Crippen molar-refractivity contribution >= 4 is 5.91 Å². The average Bonchev–Trinajstić information content (AvgIpc) is 3.02. The summed E-state index contributed by atoms with van der Waals surface area (Å²) in [6.07, 6.45) is 6.31. The van der Waals surface area contributed by atoms with Crippen molar-refractivity contribution in [3.63, 3.8) is 0 Å². The highest BCUT2D eigenvalue weighted by molar-refractivity contribution is 5.76. The van der Waals surface area contributed by atoms with Crippen LogP contribution in [0.1, 0.15) is 37.8 Å². The van der Waals surface area contributed by atoms with Crippen LogP contribution in [-0.2, 0) is 4.79 Å². The van der Waals surface area contributed by atoms with Gasteiger partial charge in [-0.2, -0.15) is 0 Å². The largest absolute Gasteiger partial charge is 0.472 e. The molecule has 1 amide bonds. The Morgan fingerprint density at radius 2 is 2.29 bits per heavy atom. The highest BCUT2D eigenvalue weighted by atomic mass is 16.3. The standard InChI is InChI=1S/C13H20N2O2/c1-11(12-5-9-17-10-12)14-6-4-13(16)15-7-2-3-8-15/h5,9-11,14H,2-4,6-8H2,1H3. The zero-order chi connectivity index (χ0) is 12.1. The van der Waals surface area contributed by atoms with Crippen molar-refractivity contribution in [2.75, 3.05) is 19.6 Å². The summed E-state index contributed by atoms with van der Waals surface area (Å²) in [6, 6.07) is 2.18. The van der Waals surface area contributed by atoms with Crippen molar-refractivity contribution < 1.29 is 9.21 Å². The maximum Gasteiger partial charge on any atom is 0.223 e. The van der Waals surface area contributed by atoms with Gasteiger partial charge in [0.25, 0.3) is 0 Å². The van der Waals surface area contributed by atoms with Crippen molar-refractivity contribution in [1.82, 2.24) is 10.2 Å². The number of rotatable bonds is 5. The Kier molecular flexibility index (Phi) is 4.20. The van der Waals surface area contributed by atoms with E-state index in [1.807, 2.05) is 11.0 Å². The number of likely N-dealkylation sites (tertiary alicyclic amines) is 1. The summed E-state index contributed by atoms with van der Waals surface area (Å²) in [4.78, 5) is 13.7. The molecule has 0 spiro atoms. The summed E-state index contributed by atoms with van der Waals surface area (Å²) in [5.74, 6) is 0.273. The molecule has 1 aliphatic rings. The number of amides is 1. The Morgan fingerprint density at radius 1 is 1.53 bits per heavy atom. The second kappa shape index (κ2) is 5.87. The number of carbonyl (C=O) groups is 1. The van der Waals surface area contributed by atoms with Crippen LogP contribution in [-0.4, -0.2) is 30.4 Å². The van der Waals surface area contributed by atoms with Gasteiger partial charge in [0, 0.05) is 37.7 Å². The molecule has 0 aliphatic carbocycles. The smallest absolute Gasteiger partial charge is 0.223 e. The average molecular weight is 236 g/mol. The molecule has 17 heavy (non-hydrogen) atoms. The van der Waals surface area contributed by atoms with Gasteiger partial charge in [0.15, 0.2) is 0 Å². The summed E-state index contributed by atoms with van der Waals surface area (Å²) in [6.45, 7) is 4.68. The molecule has 1 fully saturated rings. The Labute approximate surface area is 102 Å². The van der Waals surface area contributed by atoms with Gasteiger partial charge in [-0.25, -0.2) is 0 Å². The predicted octanol–water partition coefficient (Wildman–Crippen LogP) is 1.94. The van der Waals surface area contributed by atoms with Gasteiger partial charge in [0.2, 0.25) is 5.91 Å². The summed E-state index contributed by atoms with van der Waals surface area (Å²) < 4.78 is 5.03. The monoisotopic (exact) mass is 236 g/mol. The van der Waals surface area contributed by atoms with Gasteiger partial charge in [-0.15, -0.1) is 0 Å². The molecule has 0 bridgehead atoms. The van der Waals surface area contributed by atoms with Crippen LogP contribution in [0.15, 0.2) is 23.0 Å². The first-order valence-corrected chi connectivity index (χ1v) is 6.30. The fourth-order valence-electron chi connectivity index (χ4n) is 2.16. The quantitative estimate of drug-likeness (QED) is 0.849. The lowest BCUT2D eigenvalue weighted by molar-refractivity contribution is -0.130. The van der Waals surface area contributed by atoms with Gasteiger partial charge in [-0.05, 0) is 25.8 Å². The molecule has 1 N–H and O–H groups in total. The van der Waals surface area contributed by atoms with E-state index in [0.29, 0.717) is 6.42 Å². The van der Waals surface area contributed by atoms with Crippen molar-refractivity contribution in [2.24, 2.45) is 0 Å². The van der Waals surface area contributed by atoms with E-state index in [4.69, 9.17) is 4.42 Å². The minimum Gasteiger partial charge on any atom is -0.472 e. The molecule has 1 aliphatic heterocycles. The number of hydrogen-bond donors (Lipinski definition) is 1. The van der Waals surface area contributed by atoms with E-state index >= 15 is 0 Å². The van der Waals surface area contributed by atoms with Crippen LogP contribution >= 0.6 is 0 Å². The third kappa shape index (κ3) is 3.33. The van der Waals surface area contributed by atoms with Crippen LogP contribution in [0.5, 0.6) is 0 Å². The van der Waals surface area contributed by atoms with E-state index in [9.17, 15) is 4.79 Å². The number of carbonyl (C=O) groups excluding carboxylic acids is 1. The molecular formula is C13H20N2O2. The van der Waals surface area contributed by atoms with Gasteiger partial charge in [0.1, 0.15) is 0 Å². The number of hydrogen-bond acceptors (Lipinski definition) is 3. The molecule has 1 atom stereocenters. The van der Waals surface area contributed by atoms with Crippen LogP contribution in [0.3, 0.4) is 0 Å². The maximum absolute atomic E-state index is 11.8. The molecule has 1 unspecified atom stereocenters. The van der Waals surface area contributed by atoms with Crippen molar-refractivity contribution in [3.05, 3.63) is 24.2 Å². The Hall–Kier alpha value is -1.29. The fraction of sp³-hybridized carbons (Fsp3) is 0.615. The summed E-state index contributed by atoms with van der Waals surface area (Å²) in [5, 5.41) is 3.33. The van der Waals surface area contributed by atoms with Gasteiger partial charge < -0.3 is 14.6 Å². The predicted molar refractivity (Wildman–Crippen MR) is 65.6 cm³/mol. The minimum atomic E-state index is 0.236. The fourth-order valence-corrected chi connectivity index (χ4v) is 2.16. The van der Waals surface area contributed by atoms with Gasteiger partial charge in [-0.3, -0.25) is 4.79 Å². The Balaban J connectivity index is 1.67. The highest BCUT2D eigenvalue weighted by Gasteiger charge is 2.17. The first kappa shape index (κ1) is 12.2. The van der Waals surface area contributed by atoms with E-state index in [0.717, 1.165) is 38.0 Å². The van der Waals surface area contributed by atoms with Gasteiger partial charge in [0.05, 0.1) is 12.5 Å². The van der Waals surface area contributed by atoms with E-state index in [1.54, 1.807) is 12.5 Å². The van der Waals surface area contributed by atoms with Crippen LogP contribution in [0.2, 0.25) is 0 Å². The minimum absolute atomic E-state index is 0.236. The molecular weight excluding hydrogens is 216 g/mol. The van der Waals surface area contributed by atoms with Gasteiger partial charge in [-0.1, -0.05) is 0 Å². The second-order valence-electron chi connectivity index (χ2n) is 4.57. The summed E-state index contributed by atoms with van der Waals surface area (Å²) in [5.41, 5.74) is 1.12. The SMILES string of the molecule is CC(NCCC(=O)N1CCCC1)c1ccoc1. The number of nitrogens with zero attached hydrogens (tertiary/aromatic N) is 1. The van der Waals surface area contributed by atoms with Crippen LogP contribution in [0.25, 0.3) is 0 Å². The van der Waals surface area contributed by atoms with Crippen LogP contribution in [0, 0.1) is 0 Å². The Bertz CT molecular complexity index is 342. The third-order valence-electron chi connectivity index (χ3n) is 3.29.